The van der Waals surface area contributed by atoms with E-state index in [0.29, 0.717) is 11.7 Å². The minimum absolute atomic E-state index is 0.359. The summed E-state index contributed by atoms with van der Waals surface area (Å²) in [5, 5.41) is 3.99. The Kier molecular flexibility index (Phi) is 3.28. The van der Waals surface area contributed by atoms with Crippen LogP contribution in [-0.4, -0.2) is 10.1 Å². The number of aryl methyl sites for hydroxylation is 1. The summed E-state index contributed by atoms with van der Waals surface area (Å²) >= 11 is 0. The molecule has 1 aromatic heterocycles. The van der Waals surface area contributed by atoms with Gasteiger partial charge in [-0.3, -0.25) is 0 Å². The number of rotatable bonds is 2. The molecule has 2 rings (SSSR count). The second-order valence-corrected chi connectivity index (χ2v) is 5.00. The smallest absolute Gasteiger partial charge is 0.223 e. The molecule has 90 valence electrons. The van der Waals surface area contributed by atoms with Crippen LogP contribution in [0.5, 0.6) is 0 Å². The minimum atomic E-state index is -0.359. The van der Waals surface area contributed by atoms with Gasteiger partial charge in [-0.1, -0.05) is 31.3 Å². The van der Waals surface area contributed by atoms with Crippen molar-refractivity contribution in [2.75, 3.05) is 0 Å². The fourth-order valence-corrected chi connectivity index (χ4v) is 2.57. The van der Waals surface area contributed by atoms with Gasteiger partial charge in [0.25, 0.3) is 0 Å². The summed E-state index contributed by atoms with van der Waals surface area (Å²) in [5.74, 6) is 2.12. The third kappa shape index (κ3) is 2.26. The first kappa shape index (κ1) is 11.6. The SMILES string of the molecule is CCC1CCCC(N)(c2noc(C)n2)CC1. The van der Waals surface area contributed by atoms with Gasteiger partial charge in [0.2, 0.25) is 5.89 Å². The molecule has 2 atom stereocenters. The van der Waals surface area contributed by atoms with E-state index in [2.05, 4.69) is 17.1 Å². The molecule has 4 nitrogen and oxygen atoms in total. The van der Waals surface area contributed by atoms with Crippen LogP contribution in [-0.2, 0) is 5.54 Å². The maximum Gasteiger partial charge on any atom is 0.223 e. The first-order chi connectivity index (χ1) is 7.64. The van der Waals surface area contributed by atoms with Crippen molar-refractivity contribution in [3.63, 3.8) is 0 Å². The standard InChI is InChI=1S/C12H21N3O/c1-3-10-5-4-7-12(13,8-6-10)11-14-9(2)16-15-11/h10H,3-8,13H2,1-2H3. The summed E-state index contributed by atoms with van der Waals surface area (Å²) in [7, 11) is 0. The molecule has 1 aliphatic carbocycles. The Morgan fingerprint density at radius 2 is 2.25 bits per heavy atom. The Bertz CT molecular complexity index is 350. The van der Waals surface area contributed by atoms with Gasteiger partial charge in [-0.2, -0.15) is 4.98 Å². The maximum atomic E-state index is 6.43. The molecule has 1 heterocycles. The number of hydrogen-bond donors (Lipinski definition) is 1. The van der Waals surface area contributed by atoms with Crippen LogP contribution in [0.15, 0.2) is 4.52 Å². The third-order valence-electron chi connectivity index (χ3n) is 3.78. The summed E-state index contributed by atoms with van der Waals surface area (Å²) in [5.41, 5.74) is 6.07. The van der Waals surface area contributed by atoms with Gasteiger partial charge >= 0.3 is 0 Å². The van der Waals surface area contributed by atoms with Gasteiger partial charge in [-0.05, 0) is 25.2 Å². The predicted molar refractivity (Wildman–Crippen MR) is 61.8 cm³/mol. The lowest BCUT2D eigenvalue weighted by atomic mass is 9.90. The maximum absolute atomic E-state index is 6.43. The van der Waals surface area contributed by atoms with E-state index >= 15 is 0 Å². The zero-order chi connectivity index (χ0) is 11.6. The molecule has 2 N–H and O–H groups in total. The Morgan fingerprint density at radius 3 is 2.88 bits per heavy atom. The Balaban J connectivity index is 2.13. The summed E-state index contributed by atoms with van der Waals surface area (Å²) in [6.45, 7) is 4.07. The van der Waals surface area contributed by atoms with Crippen LogP contribution in [0.4, 0.5) is 0 Å². The molecule has 0 amide bonds. The van der Waals surface area contributed by atoms with Crippen molar-refractivity contribution < 1.29 is 4.52 Å². The van der Waals surface area contributed by atoms with Crippen LogP contribution >= 0.6 is 0 Å². The van der Waals surface area contributed by atoms with Crippen molar-refractivity contribution in [2.45, 2.75) is 57.9 Å². The van der Waals surface area contributed by atoms with Gasteiger partial charge in [0.1, 0.15) is 0 Å². The average Bonchev–Trinajstić information content (AvgIpc) is 2.61. The average molecular weight is 223 g/mol. The van der Waals surface area contributed by atoms with E-state index in [0.717, 1.165) is 18.8 Å². The fourth-order valence-electron chi connectivity index (χ4n) is 2.57. The number of hydrogen-bond acceptors (Lipinski definition) is 4. The molecular formula is C12H21N3O. The van der Waals surface area contributed by atoms with Crippen molar-refractivity contribution in [3.8, 4) is 0 Å². The van der Waals surface area contributed by atoms with E-state index in [1.807, 2.05) is 6.92 Å². The van der Waals surface area contributed by atoms with E-state index in [9.17, 15) is 0 Å². The first-order valence-corrected chi connectivity index (χ1v) is 6.24. The molecule has 0 aromatic carbocycles. The second kappa shape index (κ2) is 4.53. The predicted octanol–water partition coefficient (Wildman–Crippen LogP) is 2.52. The zero-order valence-electron chi connectivity index (χ0n) is 10.2. The van der Waals surface area contributed by atoms with Crippen molar-refractivity contribution >= 4 is 0 Å². The van der Waals surface area contributed by atoms with Crippen molar-refractivity contribution in [2.24, 2.45) is 11.7 Å². The van der Waals surface area contributed by atoms with Crippen LogP contribution in [0.25, 0.3) is 0 Å². The highest BCUT2D eigenvalue weighted by atomic mass is 16.5. The number of nitrogens with two attached hydrogens (primary N) is 1. The molecule has 0 bridgehead atoms. The molecule has 0 spiro atoms. The fraction of sp³-hybridized carbons (Fsp3) is 0.833. The van der Waals surface area contributed by atoms with E-state index < -0.39 is 0 Å². The van der Waals surface area contributed by atoms with Gasteiger partial charge in [-0.25, -0.2) is 0 Å². The van der Waals surface area contributed by atoms with E-state index in [-0.39, 0.29) is 5.54 Å². The lowest BCUT2D eigenvalue weighted by Gasteiger charge is -2.23. The van der Waals surface area contributed by atoms with Crippen molar-refractivity contribution in [3.05, 3.63) is 11.7 Å². The highest BCUT2D eigenvalue weighted by molar-refractivity contribution is 5.04. The quantitative estimate of drug-likeness (QED) is 0.782. The van der Waals surface area contributed by atoms with Crippen molar-refractivity contribution in [1.82, 2.24) is 10.1 Å². The number of aromatic nitrogens is 2. The van der Waals surface area contributed by atoms with Gasteiger partial charge in [0.15, 0.2) is 5.82 Å². The summed E-state index contributed by atoms with van der Waals surface area (Å²) in [4.78, 5) is 4.30. The summed E-state index contributed by atoms with van der Waals surface area (Å²) < 4.78 is 5.04. The summed E-state index contributed by atoms with van der Waals surface area (Å²) in [6, 6.07) is 0. The third-order valence-corrected chi connectivity index (χ3v) is 3.78. The van der Waals surface area contributed by atoms with Crippen LogP contribution < -0.4 is 5.73 Å². The molecule has 16 heavy (non-hydrogen) atoms. The lowest BCUT2D eigenvalue weighted by molar-refractivity contribution is 0.323. The molecule has 1 aliphatic rings. The molecule has 2 unspecified atom stereocenters. The number of nitrogens with zero attached hydrogens (tertiary/aromatic N) is 2. The second-order valence-electron chi connectivity index (χ2n) is 5.00. The molecule has 0 radical (unpaired) electrons. The van der Waals surface area contributed by atoms with Crippen LogP contribution in [0, 0.1) is 12.8 Å². The molecular weight excluding hydrogens is 202 g/mol. The van der Waals surface area contributed by atoms with E-state index in [1.54, 1.807) is 0 Å². The zero-order valence-corrected chi connectivity index (χ0v) is 10.2. The van der Waals surface area contributed by atoms with Crippen molar-refractivity contribution in [1.29, 1.82) is 0 Å². The topological polar surface area (TPSA) is 64.9 Å². The monoisotopic (exact) mass is 223 g/mol. The molecule has 1 fully saturated rings. The Hall–Kier alpha value is -0.900. The Morgan fingerprint density at radius 1 is 1.44 bits per heavy atom. The van der Waals surface area contributed by atoms with E-state index in [1.165, 1.54) is 25.7 Å². The van der Waals surface area contributed by atoms with Gasteiger partial charge in [0, 0.05) is 6.92 Å². The minimum Gasteiger partial charge on any atom is -0.340 e. The van der Waals surface area contributed by atoms with Gasteiger partial charge < -0.3 is 10.3 Å². The van der Waals surface area contributed by atoms with Gasteiger partial charge in [0.05, 0.1) is 5.54 Å². The van der Waals surface area contributed by atoms with Crippen LogP contribution in [0.3, 0.4) is 0 Å². The Labute approximate surface area is 96.6 Å². The first-order valence-electron chi connectivity index (χ1n) is 6.24. The van der Waals surface area contributed by atoms with Crippen LogP contribution in [0.1, 0.15) is 57.2 Å². The summed E-state index contributed by atoms with van der Waals surface area (Å²) in [6.07, 6.45) is 6.84. The molecule has 1 aromatic rings. The lowest BCUT2D eigenvalue weighted by Crippen LogP contribution is -2.37. The van der Waals surface area contributed by atoms with E-state index in [4.69, 9.17) is 10.3 Å². The highest BCUT2D eigenvalue weighted by Gasteiger charge is 2.34. The highest BCUT2D eigenvalue weighted by Crippen LogP contribution is 2.35. The molecule has 0 aliphatic heterocycles. The normalized spacial score (nSPS) is 31.3. The van der Waals surface area contributed by atoms with Crippen LogP contribution in [0.2, 0.25) is 0 Å². The molecule has 1 saturated carbocycles. The molecule has 0 saturated heterocycles. The largest absolute Gasteiger partial charge is 0.340 e. The molecule has 4 heteroatoms. The van der Waals surface area contributed by atoms with Gasteiger partial charge in [-0.15, -0.1) is 0 Å².